The van der Waals surface area contributed by atoms with Crippen molar-refractivity contribution in [2.24, 2.45) is 0 Å². The fourth-order valence-corrected chi connectivity index (χ4v) is 3.49. The summed E-state index contributed by atoms with van der Waals surface area (Å²) in [5.41, 5.74) is 2.25. The second-order valence-electron chi connectivity index (χ2n) is 7.11. The highest BCUT2D eigenvalue weighted by molar-refractivity contribution is 6.04. The number of methoxy groups -OCH3 is 1. The molecule has 1 aliphatic rings. The second kappa shape index (κ2) is 9.42. The first kappa shape index (κ1) is 22.0. The number of hydrogen-bond acceptors (Lipinski definition) is 4. The Hall–Kier alpha value is -3.68. The zero-order chi connectivity index (χ0) is 22.5. The highest BCUT2D eigenvalue weighted by atomic mass is 19.1. The van der Waals surface area contributed by atoms with Gasteiger partial charge < -0.3 is 15.4 Å². The van der Waals surface area contributed by atoms with Gasteiger partial charge in [0.05, 0.1) is 18.7 Å². The summed E-state index contributed by atoms with van der Waals surface area (Å²) in [6.45, 7) is 4.15. The van der Waals surface area contributed by atoms with E-state index in [9.17, 15) is 18.8 Å². The Morgan fingerprint density at radius 1 is 1.19 bits per heavy atom. The number of benzene rings is 2. The molecule has 1 heterocycles. The van der Waals surface area contributed by atoms with E-state index in [0.29, 0.717) is 29.1 Å². The van der Waals surface area contributed by atoms with Gasteiger partial charge in [0, 0.05) is 23.5 Å². The van der Waals surface area contributed by atoms with E-state index in [2.05, 4.69) is 10.6 Å². The van der Waals surface area contributed by atoms with Gasteiger partial charge in [-0.25, -0.2) is 14.0 Å². The molecule has 3 rings (SSSR count). The molecule has 3 amide bonds. The van der Waals surface area contributed by atoms with Crippen LogP contribution in [0.2, 0.25) is 0 Å². The van der Waals surface area contributed by atoms with Crippen molar-refractivity contribution in [1.29, 1.82) is 0 Å². The summed E-state index contributed by atoms with van der Waals surface area (Å²) in [4.78, 5) is 38.9. The molecule has 0 spiro atoms. The number of esters is 1. The van der Waals surface area contributed by atoms with Crippen molar-refractivity contribution in [3.8, 4) is 0 Å². The Labute approximate surface area is 179 Å². The minimum absolute atomic E-state index is 0.200. The Morgan fingerprint density at radius 2 is 1.90 bits per heavy atom. The molecular formula is C23H24FN3O4. The maximum atomic E-state index is 13.3. The Kier molecular flexibility index (Phi) is 6.69. The maximum absolute atomic E-state index is 13.3. The lowest BCUT2D eigenvalue weighted by Crippen LogP contribution is -2.48. The topological polar surface area (TPSA) is 87.7 Å². The predicted octanol–water partition coefficient (Wildman–Crippen LogP) is 4.00. The fourth-order valence-electron chi connectivity index (χ4n) is 3.49. The van der Waals surface area contributed by atoms with Crippen molar-refractivity contribution in [1.82, 2.24) is 10.2 Å². The normalized spacial score (nSPS) is 16.1. The van der Waals surface area contributed by atoms with Gasteiger partial charge in [-0.15, -0.1) is 0 Å². The summed E-state index contributed by atoms with van der Waals surface area (Å²) in [5, 5.41) is 5.55. The molecule has 2 N–H and O–H groups in total. The van der Waals surface area contributed by atoms with Crippen LogP contribution < -0.4 is 10.6 Å². The van der Waals surface area contributed by atoms with Gasteiger partial charge in [-0.2, -0.15) is 0 Å². The van der Waals surface area contributed by atoms with Gasteiger partial charge in [0.1, 0.15) is 5.82 Å². The molecule has 1 unspecified atom stereocenters. The van der Waals surface area contributed by atoms with Crippen LogP contribution in [0.3, 0.4) is 0 Å². The van der Waals surface area contributed by atoms with Gasteiger partial charge in [-0.3, -0.25) is 9.69 Å². The van der Waals surface area contributed by atoms with E-state index in [1.807, 2.05) is 6.92 Å². The summed E-state index contributed by atoms with van der Waals surface area (Å²) >= 11 is 0. The zero-order valence-corrected chi connectivity index (χ0v) is 17.6. The molecule has 2 aromatic rings. The molecular weight excluding hydrogens is 401 g/mol. The van der Waals surface area contributed by atoms with Gasteiger partial charge >= 0.3 is 12.0 Å². The van der Waals surface area contributed by atoms with E-state index in [1.54, 1.807) is 31.2 Å². The van der Waals surface area contributed by atoms with E-state index in [4.69, 9.17) is 4.74 Å². The number of carbonyl (C=O) groups excluding carboxylic acids is 3. The van der Waals surface area contributed by atoms with Crippen molar-refractivity contribution >= 4 is 23.6 Å². The van der Waals surface area contributed by atoms with Crippen LogP contribution >= 0.6 is 0 Å². The standard InChI is InChI=1S/C23H24FN3O4/c1-4-12-27-14(2)19(22(29)31-3)20(26-23(27)30)15-8-10-18(11-9-15)25-21(28)16-6-5-7-17(24)13-16/h5-11,13,20H,4,12H2,1-3H3,(H,25,28)(H,26,30). The number of urea groups is 1. The average molecular weight is 425 g/mol. The monoisotopic (exact) mass is 425 g/mol. The van der Waals surface area contributed by atoms with E-state index >= 15 is 0 Å². The fraction of sp³-hybridized carbons (Fsp3) is 0.261. The smallest absolute Gasteiger partial charge is 0.337 e. The zero-order valence-electron chi connectivity index (χ0n) is 17.6. The van der Waals surface area contributed by atoms with E-state index in [-0.39, 0.29) is 11.6 Å². The SMILES string of the molecule is CCCN1C(=O)NC(c2ccc(NC(=O)c3cccc(F)c3)cc2)C(C(=O)OC)=C1C. The lowest BCUT2D eigenvalue weighted by Gasteiger charge is -2.35. The predicted molar refractivity (Wildman–Crippen MR) is 114 cm³/mol. The van der Waals surface area contributed by atoms with Gasteiger partial charge in [-0.05, 0) is 49.2 Å². The quantitative estimate of drug-likeness (QED) is 0.685. The van der Waals surface area contributed by atoms with Crippen LogP contribution in [-0.2, 0) is 9.53 Å². The van der Waals surface area contributed by atoms with Gasteiger partial charge in [0.15, 0.2) is 0 Å². The third kappa shape index (κ3) is 4.74. The number of amides is 3. The summed E-state index contributed by atoms with van der Waals surface area (Å²) in [6, 6.07) is 11.1. The summed E-state index contributed by atoms with van der Waals surface area (Å²) in [5.74, 6) is -1.46. The number of ether oxygens (including phenoxy) is 1. The Balaban J connectivity index is 1.85. The van der Waals surface area contributed by atoms with Crippen LogP contribution in [0.15, 0.2) is 59.8 Å². The number of nitrogens with one attached hydrogen (secondary N) is 2. The molecule has 0 aromatic heterocycles. The molecule has 0 aliphatic carbocycles. The minimum Gasteiger partial charge on any atom is -0.466 e. The van der Waals surface area contributed by atoms with Crippen LogP contribution in [-0.4, -0.2) is 36.5 Å². The minimum atomic E-state index is -0.680. The van der Waals surface area contributed by atoms with Crippen LogP contribution in [0.4, 0.5) is 14.9 Å². The number of carbonyl (C=O) groups is 3. The molecule has 1 aliphatic heterocycles. The second-order valence-corrected chi connectivity index (χ2v) is 7.11. The highest BCUT2D eigenvalue weighted by Gasteiger charge is 2.35. The number of nitrogens with zero attached hydrogens (tertiary/aromatic N) is 1. The number of halogens is 1. The Morgan fingerprint density at radius 3 is 2.52 bits per heavy atom. The molecule has 0 saturated carbocycles. The van der Waals surface area contributed by atoms with E-state index < -0.39 is 23.7 Å². The third-order valence-corrected chi connectivity index (χ3v) is 5.04. The molecule has 7 nitrogen and oxygen atoms in total. The lowest BCUT2D eigenvalue weighted by molar-refractivity contribution is -0.136. The molecule has 8 heteroatoms. The molecule has 0 fully saturated rings. The first-order valence-electron chi connectivity index (χ1n) is 9.89. The molecule has 162 valence electrons. The van der Waals surface area contributed by atoms with Crippen LogP contribution in [0.1, 0.15) is 42.2 Å². The highest BCUT2D eigenvalue weighted by Crippen LogP contribution is 2.32. The molecule has 1 atom stereocenters. The van der Waals surface area contributed by atoms with Gasteiger partial charge in [-0.1, -0.05) is 25.1 Å². The molecule has 0 saturated heterocycles. The summed E-state index contributed by atoms with van der Waals surface area (Å²) in [7, 11) is 1.30. The van der Waals surface area contributed by atoms with Crippen molar-refractivity contribution in [2.45, 2.75) is 26.3 Å². The van der Waals surface area contributed by atoms with E-state index in [0.717, 1.165) is 12.5 Å². The van der Waals surface area contributed by atoms with Crippen molar-refractivity contribution in [3.05, 3.63) is 76.7 Å². The first-order chi connectivity index (χ1) is 14.8. The maximum Gasteiger partial charge on any atom is 0.337 e. The average Bonchev–Trinajstić information content (AvgIpc) is 2.76. The largest absolute Gasteiger partial charge is 0.466 e. The van der Waals surface area contributed by atoms with Crippen LogP contribution in [0, 0.1) is 5.82 Å². The third-order valence-electron chi connectivity index (χ3n) is 5.04. The van der Waals surface area contributed by atoms with Crippen molar-refractivity contribution < 1.29 is 23.5 Å². The van der Waals surface area contributed by atoms with Gasteiger partial charge in [0.25, 0.3) is 5.91 Å². The number of hydrogen-bond donors (Lipinski definition) is 2. The molecule has 0 radical (unpaired) electrons. The van der Waals surface area contributed by atoms with Gasteiger partial charge in [0.2, 0.25) is 0 Å². The number of anilines is 1. The van der Waals surface area contributed by atoms with Crippen LogP contribution in [0.25, 0.3) is 0 Å². The summed E-state index contributed by atoms with van der Waals surface area (Å²) in [6.07, 6.45) is 0.740. The molecule has 0 bridgehead atoms. The molecule has 31 heavy (non-hydrogen) atoms. The van der Waals surface area contributed by atoms with Crippen molar-refractivity contribution in [2.75, 3.05) is 19.0 Å². The number of rotatable bonds is 6. The number of allylic oxidation sites excluding steroid dienone is 1. The molecule has 2 aromatic carbocycles. The Bertz CT molecular complexity index is 1030. The lowest BCUT2D eigenvalue weighted by atomic mass is 9.94. The summed E-state index contributed by atoms with van der Waals surface area (Å²) < 4.78 is 18.3. The van der Waals surface area contributed by atoms with Crippen LogP contribution in [0.5, 0.6) is 0 Å². The van der Waals surface area contributed by atoms with Crippen molar-refractivity contribution in [3.63, 3.8) is 0 Å². The first-order valence-corrected chi connectivity index (χ1v) is 9.89. The van der Waals surface area contributed by atoms with E-state index in [1.165, 1.54) is 30.2 Å².